The third-order valence-electron chi connectivity index (χ3n) is 3.65. The molecule has 3 rings (SSSR count). The van der Waals surface area contributed by atoms with E-state index in [2.05, 4.69) is 30.6 Å². The Morgan fingerprint density at radius 1 is 1.39 bits per heavy atom. The van der Waals surface area contributed by atoms with E-state index in [9.17, 15) is 0 Å². The van der Waals surface area contributed by atoms with Gasteiger partial charge in [0.25, 0.3) is 0 Å². The molecule has 124 valence electrons. The normalized spacial score (nSPS) is 13.3. The summed E-state index contributed by atoms with van der Waals surface area (Å²) in [4.78, 5) is 12.1. The van der Waals surface area contributed by atoms with E-state index in [0.717, 1.165) is 17.2 Å². The molecule has 23 heavy (non-hydrogen) atoms. The zero-order valence-electron chi connectivity index (χ0n) is 13.8. The summed E-state index contributed by atoms with van der Waals surface area (Å²) >= 11 is 1.64. The maximum absolute atomic E-state index is 5.48. The predicted molar refractivity (Wildman–Crippen MR) is 87.3 cm³/mol. The Balaban J connectivity index is 1.66. The molecule has 0 saturated heterocycles. The van der Waals surface area contributed by atoms with Crippen LogP contribution in [0.25, 0.3) is 4.96 Å². The number of ether oxygens (including phenoxy) is 1. The number of aryl methyl sites for hydroxylation is 1. The van der Waals surface area contributed by atoms with Crippen molar-refractivity contribution < 1.29 is 9.26 Å². The fraction of sp³-hybridized carbons (Fsp3) is 0.533. The molecule has 0 aliphatic carbocycles. The van der Waals surface area contributed by atoms with Crippen molar-refractivity contribution in [3.63, 3.8) is 0 Å². The second-order valence-corrected chi connectivity index (χ2v) is 6.39. The minimum atomic E-state index is -0.148. The third kappa shape index (κ3) is 3.44. The summed E-state index contributed by atoms with van der Waals surface area (Å²) in [5.41, 5.74) is 2.24. The highest BCUT2D eigenvalue weighted by molar-refractivity contribution is 7.15. The fourth-order valence-electron chi connectivity index (χ4n) is 2.50. The topological polar surface area (TPSA) is 68.7 Å². The van der Waals surface area contributed by atoms with Crippen molar-refractivity contribution in [2.24, 2.45) is 0 Å². The van der Waals surface area contributed by atoms with Crippen molar-refractivity contribution in [1.29, 1.82) is 0 Å². The summed E-state index contributed by atoms with van der Waals surface area (Å²) < 4.78 is 12.9. The Morgan fingerprint density at radius 2 is 2.22 bits per heavy atom. The van der Waals surface area contributed by atoms with Gasteiger partial charge in [0.1, 0.15) is 6.10 Å². The van der Waals surface area contributed by atoms with Gasteiger partial charge in [-0.15, -0.1) is 11.3 Å². The molecule has 3 heterocycles. The minimum absolute atomic E-state index is 0.148. The van der Waals surface area contributed by atoms with E-state index in [-0.39, 0.29) is 6.10 Å². The standard InChI is InChI=1S/C15H21N5O2S/c1-5-21-11(3)14-17-13(22-18-14)9-19(4)8-12-10(2)16-15-20(12)6-7-23-15/h6-7,11H,5,8-9H2,1-4H3/t11-/m0/s1. The summed E-state index contributed by atoms with van der Waals surface area (Å²) in [5, 5.41) is 6.04. The largest absolute Gasteiger partial charge is 0.371 e. The van der Waals surface area contributed by atoms with Gasteiger partial charge in [0.2, 0.25) is 5.89 Å². The van der Waals surface area contributed by atoms with Crippen LogP contribution in [0.1, 0.15) is 43.1 Å². The second kappa shape index (κ2) is 6.77. The first kappa shape index (κ1) is 16.1. The molecule has 0 saturated carbocycles. The summed E-state index contributed by atoms with van der Waals surface area (Å²) in [5.74, 6) is 1.19. The molecule has 3 aromatic heterocycles. The number of thiazole rings is 1. The lowest BCUT2D eigenvalue weighted by molar-refractivity contribution is 0.0683. The number of nitrogens with zero attached hydrogens (tertiary/aromatic N) is 5. The molecule has 0 amide bonds. The van der Waals surface area contributed by atoms with Gasteiger partial charge < -0.3 is 9.26 Å². The van der Waals surface area contributed by atoms with Gasteiger partial charge in [-0.1, -0.05) is 5.16 Å². The van der Waals surface area contributed by atoms with Gasteiger partial charge >= 0.3 is 0 Å². The van der Waals surface area contributed by atoms with Crippen LogP contribution in [0, 0.1) is 6.92 Å². The van der Waals surface area contributed by atoms with Crippen molar-refractivity contribution in [2.45, 2.75) is 40.0 Å². The zero-order valence-corrected chi connectivity index (χ0v) is 14.6. The van der Waals surface area contributed by atoms with Crippen LogP contribution in [-0.4, -0.2) is 38.1 Å². The molecule has 0 unspecified atom stereocenters. The number of rotatable bonds is 7. The number of imidazole rings is 1. The van der Waals surface area contributed by atoms with Crippen LogP contribution in [0.5, 0.6) is 0 Å². The Labute approximate surface area is 138 Å². The average Bonchev–Trinajstić information content (AvgIpc) is 3.19. The van der Waals surface area contributed by atoms with Crippen LogP contribution in [0.2, 0.25) is 0 Å². The maximum atomic E-state index is 5.48. The Hall–Kier alpha value is -1.77. The SMILES string of the molecule is CCO[C@@H](C)c1noc(CN(C)Cc2c(C)nc3sccn23)n1. The molecule has 1 atom stereocenters. The van der Waals surface area contributed by atoms with Crippen LogP contribution >= 0.6 is 11.3 Å². The number of hydrogen-bond acceptors (Lipinski definition) is 7. The lowest BCUT2D eigenvalue weighted by Gasteiger charge is -2.14. The molecule has 0 aliphatic heterocycles. The molecular weight excluding hydrogens is 314 g/mol. The monoisotopic (exact) mass is 335 g/mol. The van der Waals surface area contributed by atoms with Crippen molar-refractivity contribution in [3.05, 3.63) is 34.7 Å². The van der Waals surface area contributed by atoms with Crippen LogP contribution < -0.4 is 0 Å². The molecule has 0 aromatic carbocycles. The van der Waals surface area contributed by atoms with Gasteiger partial charge in [-0.2, -0.15) is 4.98 Å². The quantitative estimate of drug-likeness (QED) is 0.661. The Morgan fingerprint density at radius 3 is 3.00 bits per heavy atom. The molecule has 0 bridgehead atoms. The number of aromatic nitrogens is 4. The lowest BCUT2D eigenvalue weighted by atomic mass is 10.3. The molecule has 0 radical (unpaired) electrons. The smallest absolute Gasteiger partial charge is 0.240 e. The van der Waals surface area contributed by atoms with Gasteiger partial charge in [-0.05, 0) is 27.8 Å². The van der Waals surface area contributed by atoms with E-state index in [1.54, 1.807) is 11.3 Å². The molecule has 0 N–H and O–H groups in total. The molecular formula is C15H21N5O2S. The van der Waals surface area contributed by atoms with Gasteiger partial charge in [0, 0.05) is 24.7 Å². The number of hydrogen-bond donors (Lipinski definition) is 0. The highest BCUT2D eigenvalue weighted by Crippen LogP contribution is 2.19. The number of fused-ring (bicyclic) bond motifs is 1. The molecule has 7 nitrogen and oxygen atoms in total. The molecule has 0 spiro atoms. The fourth-order valence-corrected chi connectivity index (χ4v) is 3.27. The lowest BCUT2D eigenvalue weighted by Crippen LogP contribution is -2.19. The van der Waals surface area contributed by atoms with Gasteiger partial charge in [0.15, 0.2) is 10.8 Å². The van der Waals surface area contributed by atoms with Crippen LogP contribution in [0.3, 0.4) is 0 Å². The average molecular weight is 335 g/mol. The Kier molecular flexibility index (Phi) is 4.74. The van der Waals surface area contributed by atoms with E-state index in [1.165, 1.54) is 5.69 Å². The van der Waals surface area contributed by atoms with Crippen molar-refractivity contribution in [2.75, 3.05) is 13.7 Å². The summed E-state index contributed by atoms with van der Waals surface area (Å²) in [6.45, 7) is 7.89. The van der Waals surface area contributed by atoms with Crippen molar-refractivity contribution >= 4 is 16.3 Å². The van der Waals surface area contributed by atoms with Gasteiger partial charge in [-0.3, -0.25) is 9.30 Å². The highest BCUT2D eigenvalue weighted by atomic mass is 32.1. The van der Waals surface area contributed by atoms with E-state index in [1.807, 2.05) is 33.2 Å². The molecule has 0 fully saturated rings. The summed E-state index contributed by atoms with van der Waals surface area (Å²) in [6.07, 6.45) is 1.91. The van der Waals surface area contributed by atoms with Gasteiger partial charge in [-0.25, -0.2) is 4.98 Å². The second-order valence-electron chi connectivity index (χ2n) is 5.52. The Bertz CT molecular complexity index is 778. The van der Waals surface area contributed by atoms with Gasteiger partial charge in [0.05, 0.1) is 17.9 Å². The first-order chi connectivity index (χ1) is 11.1. The van der Waals surface area contributed by atoms with Crippen LogP contribution in [-0.2, 0) is 17.8 Å². The molecule has 3 aromatic rings. The third-order valence-corrected chi connectivity index (χ3v) is 4.41. The zero-order chi connectivity index (χ0) is 16.4. The predicted octanol–water partition coefficient (Wildman–Crippen LogP) is 2.82. The first-order valence-corrected chi connectivity index (χ1v) is 8.50. The first-order valence-electron chi connectivity index (χ1n) is 7.62. The van der Waals surface area contributed by atoms with E-state index in [4.69, 9.17) is 9.26 Å². The molecule has 8 heteroatoms. The summed E-state index contributed by atoms with van der Waals surface area (Å²) in [7, 11) is 2.03. The van der Waals surface area contributed by atoms with Crippen LogP contribution in [0.15, 0.2) is 16.1 Å². The van der Waals surface area contributed by atoms with E-state index in [0.29, 0.717) is 24.9 Å². The minimum Gasteiger partial charge on any atom is -0.371 e. The maximum Gasteiger partial charge on any atom is 0.240 e. The molecule has 0 aliphatic rings. The van der Waals surface area contributed by atoms with Crippen molar-refractivity contribution in [1.82, 2.24) is 24.4 Å². The van der Waals surface area contributed by atoms with Crippen molar-refractivity contribution in [3.8, 4) is 0 Å². The van der Waals surface area contributed by atoms with E-state index < -0.39 is 0 Å². The van der Waals surface area contributed by atoms with Crippen LogP contribution in [0.4, 0.5) is 0 Å². The van der Waals surface area contributed by atoms with E-state index >= 15 is 0 Å². The summed E-state index contributed by atoms with van der Waals surface area (Å²) in [6, 6.07) is 0. The highest BCUT2D eigenvalue weighted by Gasteiger charge is 2.17.